The van der Waals surface area contributed by atoms with Gasteiger partial charge in [-0.2, -0.15) is 0 Å². The van der Waals surface area contributed by atoms with Gasteiger partial charge >= 0.3 is 6.09 Å². The molecule has 0 saturated carbocycles. The Morgan fingerprint density at radius 1 is 1.35 bits per heavy atom. The first kappa shape index (κ1) is 14.7. The normalized spacial score (nSPS) is 18.9. The molecule has 1 fully saturated rings. The van der Waals surface area contributed by atoms with Gasteiger partial charge in [0.1, 0.15) is 5.60 Å². The molecule has 1 aromatic heterocycles. The van der Waals surface area contributed by atoms with E-state index < -0.39 is 11.1 Å². The third kappa shape index (κ3) is 3.06. The van der Waals surface area contributed by atoms with Crippen molar-refractivity contribution in [1.29, 1.82) is 0 Å². The highest BCUT2D eigenvalue weighted by atomic mass is 16.6. The molecular weight excluding hydrogens is 260 g/mol. The summed E-state index contributed by atoms with van der Waals surface area (Å²) < 4.78 is 6.95. The second kappa shape index (κ2) is 5.01. The number of likely N-dealkylation sites (tertiary alicyclic amines) is 1. The number of hydrogen-bond donors (Lipinski definition) is 1. The van der Waals surface area contributed by atoms with Crippen LogP contribution in [-0.2, 0) is 17.3 Å². The molecule has 2 heterocycles. The summed E-state index contributed by atoms with van der Waals surface area (Å²) in [5.74, 6) is 0.654. The largest absolute Gasteiger partial charge is 0.444 e. The third-order valence-corrected chi connectivity index (χ3v) is 3.37. The summed E-state index contributed by atoms with van der Waals surface area (Å²) >= 11 is 0. The van der Waals surface area contributed by atoms with E-state index in [9.17, 15) is 4.79 Å². The SMILES string of the molecule is Cn1nnnc1C1(N)CCN(C(=O)OC(C)(C)C)CC1. The Morgan fingerprint density at radius 3 is 2.40 bits per heavy atom. The van der Waals surface area contributed by atoms with Gasteiger partial charge in [-0.25, -0.2) is 9.48 Å². The number of nitrogens with zero attached hydrogens (tertiary/aromatic N) is 5. The van der Waals surface area contributed by atoms with Crippen LogP contribution < -0.4 is 5.73 Å². The molecule has 0 unspecified atom stereocenters. The summed E-state index contributed by atoms with van der Waals surface area (Å²) in [4.78, 5) is 13.7. The lowest BCUT2D eigenvalue weighted by atomic mass is 9.88. The van der Waals surface area contributed by atoms with E-state index in [0.717, 1.165) is 0 Å². The summed E-state index contributed by atoms with van der Waals surface area (Å²) in [6, 6.07) is 0. The lowest BCUT2D eigenvalue weighted by molar-refractivity contribution is 0.0160. The first-order chi connectivity index (χ1) is 9.21. The molecule has 0 radical (unpaired) electrons. The van der Waals surface area contributed by atoms with E-state index in [-0.39, 0.29) is 6.09 Å². The van der Waals surface area contributed by atoms with Crippen molar-refractivity contribution >= 4 is 6.09 Å². The van der Waals surface area contributed by atoms with Gasteiger partial charge in [0.25, 0.3) is 0 Å². The van der Waals surface area contributed by atoms with Crippen molar-refractivity contribution in [2.75, 3.05) is 13.1 Å². The van der Waals surface area contributed by atoms with Crippen LogP contribution in [0.5, 0.6) is 0 Å². The van der Waals surface area contributed by atoms with Gasteiger partial charge in [0.15, 0.2) is 5.82 Å². The number of aryl methyl sites for hydroxylation is 1. The Morgan fingerprint density at radius 2 is 1.95 bits per heavy atom. The first-order valence-corrected chi connectivity index (χ1v) is 6.71. The Hall–Kier alpha value is -1.70. The van der Waals surface area contributed by atoms with Crippen molar-refractivity contribution in [3.05, 3.63) is 5.82 Å². The van der Waals surface area contributed by atoms with Crippen LogP contribution in [0.1, 0.15) is 39.4 Å². The lowest BCUT2D eigenvalue weighted by Gasteiger charge is -2.38. The molecular formula is C12H22N6O2. The summed E-state index contributed by atoms with van der Waals surface area (Å²) in [6.07, 6.45) is 0.927. The van der Waals surface area contributed by atoms with Gasteiger partial charge in [-0.3, -0.25) is 0 Å². The summed E-state index contributed by atoms with van der Waals surface area (Å²) in [6.45, 7) is 6.64. The maximum atomic E-state index is 12.0. The van der Waals surface area contributed by atoms with E-state index in [2.05, 4.69) is 15.5 Å². The number of nitrogens with two attached hydrogens (primary N) is 1. The van der Waals surface area contributed by atoms with Crippen molar-refractivity contribution in [2.24, 2.45) is 12.8 Å². The molecule has 1 aromatic rings. The fourth-order valence-corrected chi connectivity index (χ4v) is 2.29. The molecule has 1 amide bonds. The van der Waals surface area contributed by atoms with Crippen molar-refractivity contribution in [3.63, 3.8) is 0 Å². The van der Waals surface area contributed by atoms with Crippen LogP contribution >= 0.6 is 0 Å². The first-order valence-electron chi connectivity index (χ1n) is 6.71. The molecule has 0 aliphatic carbocycles. The zero-order valence-corrected chi connectivity index (χ0v) is 12.5. The van der Waals surface area contributed by atoms with E-state index in [1.807, 2.05) is 20.8 Å². The van der Waals surface area contributed by atoms with Crippen LogP contribution in [0, 0.1) is 0 Å². The zero-order chi connectivity index (χ0) is 15.0. The predicted molar refractivity (Wildman–Crippen MR) is 71.7 cm³/mol. The van der Waals surface area contributed by atoms with Gasteiger partial charge in [-0.15, -0.1) is 5.10 Å². The van der Waals surface area contributed by atoms with Crippen molar-refractivity contribution in [1.82, 2.24) is 25.1 Å². The van der Waals surface area contributed by atoms with Crippen molar-refractivity contribution in [2.45, 2.75) is 44.8 Å². The third-order valence-electron chi connectivity index (χ3n) is 3.37. The van der Waals surface area contributed by atoms with Gasteiger partial charge in [-0.1, -0.05) is 0 Å². The average molecular weight is 282 g/mol. The standard InChI is InChI=1S/C12H22N6O2/c1-11(2,3)20-10(19)18-7-5-12(13,6-8-18)9-14-15-16-17(9)4/h5-8,13H2,1-4H3. The number of piperidine rings is 1. The van der Waals surface area contributed by atoms with E-state index >= 15 is 0 Å². The molecule has 0 bridgehead atoms. The second-order valence-corrected chi connectivity index (χ2v) is 6.25. The number of carbonyl (C=O) groups excluding carboxylic acids is 1. The van der Waals surface area contributed by atoms with Crippen LogP contribution in [0.2, 0.25) is 0 Å². The molecule has 8 nitrogen and oxygen atoms in total. The quantitative estimate of drug-likeness (QED) is 0.800. The maximum Gasteiger partial charge on any atom is 0.410 e. The number of tetrazole rings is 1. The van der Waals surface area contributed by atoms with Gasteiger partial charge in [0.05, 0.1) is 5.54 Å². The Kier molecular flexibility index (Phi) is 3.68. The van der Waals surface area contributed by atoms with Crippen LogP contribution in [0.3, 0.4) is 0 Å². The summed E-state index contributed by atoms with van der Waals surface area (Å²) in [7, 11) is 1.77. The number of amides is 1. The van der Waals surface area contributed by atoms with Crippen molar-refractivity contribution in [3.8, 4) is 0 Å². The number of rotatable bonds is 1. The lowest BCUT2D eigenvalue weighted by Crippen LogP contribution is -2.51. The molecule has 112 valence electrons. The number of ether oxygens (including phenoxy) is 1. The minimum Gasteiger partial charge on any atom is -0.444 e. The van der Waals surface area contributed by atoms with Crippen LogP contribution in [0.25, 0.3) is 0 Å². The van der Waals surface area contributed by atoms with Gasteiger partial charge in [0.2, 0.25) is 0 Å². The van der Waals surface area contributed by atoms with E-state index in [1.165, 1.54) is 0 Å². The molecule has 1 saturated heterocycles. The average Bonchev–Trinajstić information content (AvgIpc) is 2.74. The summed E-state index contributed by atoms with van der Waals surface area (Å²) in [5, 5.41) is 11.4. The van der Waals surface area contributed by atoms with E-state index in [1.54, 1.807) is 16.6 Å². The minimum absolute atomic E-state index is 0.296. The minimum atomic E-state index is -0.587. The van der Waals surface area contributed by atoms with Gasteiger partial charge < -0.3 is 15.4 Å². The highest BCUT2D eigenvalue weighted by Crippen LogP contribution is 2.28. The molecule has 0 atom stereocenters. The molecule has 2 rings (SSSR count). The van der Waals surface area contributed by atoms with E-state index in [0.29, 0.717) is 31.8 Å². The number of aromatic nitrogens is 4. The molecule has 1 aliphatic rings. The molecule has 20 heavy (non-hydrogen) atoms. The zero-order valence-electron chi connectivity index (χ0n) is 12.5. The number of carbonyl (C=O) groups is 1. The molecule has 1 aliphatic heterocycles. The Balaban J connectivity index is 1.99. The Labute approximate surface area is 118 Å². The predicted octanol–water partition coefficient (Wildman–Crippen LogP) is 0.395. The molecule has 0 spiro atoms. The van der Waals surface area contributed by atoms with Crippen LogP contribution in [0.4, 0.5) is 4.79 Å². The molecule has 8 heteroatoms. The van der Waals surface area contributed by atoms with Gasteiger partial charge in [-0.05, 0) is 44.0 Å². The van der Waals surface area contributed by atoms with Crippen molar-refractivity contribution < 1.29 is 9.53 Å². The van der Waals surface area contributed by atoms with E-state index in [4.69, 9.17) is 10.5 Å². The van der Waals surface area contributed by atoms with Crippen LogP contribution in [-0.4, -0.2) is 49.9 Å². The highest BCUT2D eigenvalue weighted by molar-refractivity contribution is 5.68. The molecule has 2 N–H and O–H groups in total. The fraction of sp³-hybridized carbons (Fsp3) is 0.833. The Bertz CT molecular complexity index is 484. The van der Waals surface area contributed by atoms with Crippen LogP contribution in [0.15, 0.2) is 0 Å². The second-order valence-electron chi connectivity index (χ2n) is 6.25. The maximum absolute atomic E-state index is 12.0. The monoisotopic (exact) mass is 282 g/mol. The number of hydrogen-bond acceptors (Lipinski definition) is 6. The highest BCUT2D eigenvalue weighted by Gasteiger charge is 2.38. The molecule has 0 aromatic carbocycles. The smallest absolute Gasteiger partial charge is 0.410 e. The summed E-state index contributed by atoms with van der Waals surface area (Å²) in [5.41, 5.74) is 5.30. The fourth-order valence-electron chi connectivity index (χ4n) is 2.29. The topological polar surface area (TPSA) is 99.2 Å². The van der Waals surface area contributed by atoms with Gasteiger partial charge in [0, 0.05) is 20.1 Å².